The molecular weight excluding hydrogens is 308 g/mol. The van der Waals surface area contributed by atoms with E-state index in [1.54, 1.807) is 11.4 Å². The van der Waals surface area contributed by atoms with Gasteiger partial charge in [0.25, 0.3) is 0 Å². The zero-order chi connectivity index (χ0) is 15.2. The summed E-state index contributed by atoms with van der Waals surface area (Å²) in [7, 11) is -3.64. The summed E-state index contributed by atoms with van der Waals surface area (Å²) in [6.07, 6.45) is -0.228. The van der Waals surface area contributed by atoms with Crippen molar-refractivity contribution >= 4 is 33.2 Å². The minimum Gasteiger partial charge on any atom is -0.480 e. The Hall–Kier alpha value is -1.49. The van der Waals surface area contributed by atoms with Gasteiger partial charge in [-0.2, -0.15) is 0 Å². The lowest BCUT2D eigenvalue weighted by atomic mass is 10.3. The van der Waals surface area contributed by atoms with E-state index in [0.717, 1.165) is 11.3 Å². The number of aliphatic hydroxyl groups is 1. The second kappa shape index (κ2) is 7.33. The number of aliphatic hydroxyl groups excluding tert-OH is 1. The second-order valence-electron chi connectivity index (χ2n) is 3.72. The summed E-state index contributed by atoms with van der Waals surface area (Å²) in [5.41, 5.74) is 0. The van der Waals surface area contributed by atoms with Crippen LogP contribution >= 0.6 is 11.3 Å². The number of hydrogen-bond acceptors (Lipinski definition) is 6. The van der Waals surface area contributed by atoms with Crippen molar-refractivity contribution in [2.45, 2.75) is 16.7 Å². The second-order valence-corrected chi connectivity index (χ2v) is 6.66. The molecule has 112 valence electrons. The molecule has 0 radical (unpaired) electrons. The highest BCUT2D eigenvalue weighted by atomic mass is 32.2. The van der Waals surface area contributed by atoms with E-state index in [-0.39, 0.29) is 17.2 Å². The van der Waals surface area contributed by atoms with Crippen LogP contribution < -0.4 is 10.0 Å². The van der Waals surface area contributed by atoms with Crippen molar-refractivity contribution in [2.24, 2.45) is 0 Å². The first-order chi connectivity index (χ1) is 9.36. The molecule has 1 amide bonds. The number of nitrogens with one attached hydrogen (secondary N) is 2. The van der Waals surface area contributed by atoms with Crippen LogP contribution in [-0.4, -0.2) is 49.7 Å². The molecule has 1 rings (SSSR count). The topological polar surface area (TPSA) is 133 Å². The van der Waals surface area contributed by atoms with Crippen LogP contribution in [0.25, 0.3) is 0 Å². The fraction of sp³-hybridized carbons (Fsp3) is 0.400. The fourth-order valence-corrected chi connectivity index (χ4v) is 3.31. The Balaban J connectivity index is 2.41. The van der Waals surface area contributed by atoms with E-state index < -0.39 is 34.5 Å². The van der Waals surface area contributed by atoms with Gasteiger partial charge in [-0.15, -0.1) is 11.3 Å². The van der Waals surface area contributed by atoms with E-state index in [4.69, 9.17) is 10.2 Å². The number of sulfonamides is 1. The Bertz CT molecular complexity index is 554. The monoisotopic (exact) mass is 322 g/mol. The van der Waals surface area contributed by atoms with E-state index in [1.807, 2.05) is 0 Å². The SMILES string of the molecule is O=C(CCNS(=O)(=O)c1cccs1)N[C@@H](CO)C(=O)O. The van der Waals surface area contributed by atoms with Crippen molar-refractivity contribution in [1.29, 1.82) is 0 Å². The summed E-state index contributed by atoms with van der Waals surface area (Å²) in [5.74, 6) is -2.03. The summed E-state index contributed by atoms with van der Waals surface area (Å²) >= 11 is 1.05. The van der Waals surface area contributed by atoms with E-state index in [2.05, 4.69) is 10.0 Å². The Morgan fingerprint density at radius 2 is 2.10 bits per heavy atom. The van der Waals surface area contributed by atoms with Gasteiger partial charge in [0.2, 0.25) is 15.9 Å². The average molecular weight is 322 g/mol. The van der Waals surface area contributed by atoms with Crippen molar-refractivity contribution in [3.8, 4) is 0 Å². The number of carboxylic acids is 1. The van der Waals surface area contributed by atoms with Gasteiger partial charge >= 0.3 is 5.97 Å². The predicted molar refractivity (Wildman–Crippen MR) is 70.8 cm³/mol. The number of carbonyl (C=O) groups excluding carboxylic acids is 1. The van der Waals surface area contributed by atoms with E-state index in [1.165, 1.54) is 6.07 Å². The molecule has 0 saturated heterocycles. The molecule has 1 heterocycles. The molecule has 0 saturated carbocycles. The molecule has 0 spiro atoms. The molecule has 0 aromatic carbocycles. The lowest BCUT2D eigenvalue weighted by Crippen LogP contribution is -2.44. The molecule has 0 unspecified atom stereocenters. The van der Waals surface area contributed by atoms with Gasteiger partial charge in [-0.25, -0.2) is 17.9 Å². The predicted octanol–water partition coefficient (Wildman–Crippen LogP) is -1.02. The summed E-state index contributed by atoms with van der Waals surface area (Å²) < 4.78 is 25.8. The van der Waals surface area contributed by atoms with Gasteiger partial charge in [-0.3, -0.25) is 4.79 Å². The highest BCUT2D eigenvalue weighted by Gasteiger charge is 2.19. The maximum Gasteiger partial charge on any atom is 0.328 e. The molecule has 20 heavy (non-hydrogen) atoms. The summed E-state index contributed by atoms with van der Waals surface area (Å²) in [6, 6.07) is 1.63. The molecule has 1 aromatic rings. The molecule has 4 N–H and O–H groups in total. The Morgan fingerprint density at radius 1 is 1.40 bits per heavy atom. The average Bonchev–Trinajstić information content (AvgIpc) is 2.89. The van der Waals surface area contributed by atoms with E-state index >= 15 is 0 Å². The van der Waals surface area contributed by atoms with Crippen molar-refractivity contribution in [3.05, 3.63) is 17.5 Å². The lowest BCUT2D eigenvalue weighted by Gasteiger charge is -2.11. The van der Waals surface area contributed by atoms with Gasteiger partial charge in [-0.05, 0) is 11.4 Å². The number of aliphatic carboxylic acids is 1. The number of thiophene rings is 1. The van der Waals surface area contributed by atoms with Crippen molar-refractivity contribution < 1.29 is 28.2 Å². The number of rotatable bonds is 8. The normalized spacial score (nSPS) is 12.8. The summed E-state index contributed by atoms with van der Waals surface area (Å²) in [6.45, 7) is -0.897. The molecule has 1 atom stereocenters. The first kappa shape index (κ1) is 16.6. The Morgan fingerprint density at radius 3 is 2.60 bits per heavy atom. The minimum absolute atomic E-state index is 0.136. The third-order valence-electron chi connectivity index (χ3n) is 2.22. The molecule has 0 aliphatic rings. The maximum absolute atomic E-state index is 11.7. The fourth-order valence-electron chi connectivity index (χ4n) is 1.24. The molecule has 0 aliphatic heterocycles. The minimum atomic E-state index is -3.64. The standard InChI is InChI=1S/C10H14N2O6S2/c13-6-7(10(15)16)12-8(14)3-4-11-20(17,18)9-2-1-5-19-9/h1-2,5,7,11,13H,3-4,6H2,(H,12,14)(H,15,16)/t7-/m0/s1. The van der Waals surface area contributed by atoms with E-state index in [0.29, 0.717) is 0 Å². The number of hydrogen-bond donors (Lipinski definition) is 4. The van der Waals surface area contributed by atoms with Crippen molar-refractivity contribution in [3.63, 3.8) is 0 Å². The van der Waals surface area contributed by atoms with Crippen LogP contribution in [0.4, 0.5) is 0 Å². The van der Waals surface area contributed by atoms with Crippen LogP contribution in [0, 0.1) is 0 Å². The van der Waals surface area contributed by atoms with Gasteiger partial charge in [-0.1, -0.05) is 6.07 Å². The van der Waals surface area contributed by atoms with Crippen LogP contribution in [0.15, 0.2) is 21.7 Å². The first-order valence-electron chi connectivity index (χ1n) is 5.53. The van der Waals surface area contributed by atoms with Crippen LogP contribution in [0.3, 0.4) is 0 Å². The van der Waals surface area contributed by atoms with Crippen LogP contribution in [-0.2, 0) is 19.6 Å². The van der Waals surface area contributed by atoms with Crippen molar-refractivity contribution in [1.82, 2.24) is 10.0 Å². The molecule has 8 nitrogen and oxygen atoms in total. The third kappa shape index (κ3) is 4.89. The zero-order valence-electron chi connectivity index (χ0n) is 10.3. The van der Waals surface area contributed by atoms with Crippen LogP contribution in [0.5, 0.6) is 0 Å². The molecule has 10 heteroatoms. The molecule has 0 bridgehead atoms. The smallest absolute Gasteiger partial charge is 0.328 e. The van der Waals surface area contributed by atoms with Gasteiger partial charge < -0.3 is 15.5 Å². The molecule has 1 aromatic heterocycles. The number of carbonyl (C=O) groups is 2. The first-order valence-corrected chi connectivity index (χ1v) is 7.89. The van der Waals surface area contributed by atoms with E-state index in [9.17, 15) is 18.0 Å². The Labute approximate surface area is 119 Å². The van der Waals surface area contributed by atoms with Gasteiger partial charge in [0, 0.05) is 13.0 Å². The van der Waals surface area contributed by atoms with Gasteiger partial charge in [0.15, 0.2) is 0 Å². The Kier molecular flexibility index (Phi) is 6.07. The van der Waals surface area contributed by atoms with Crippen LogP contribution in [0.2, 0.25) is 0 Å². The largest absolute Gasteiger partial charge is 0.480 e. The highest BCUT2D eigenvalue weighted by Crippen LogP contribution is 2.14. The zero-order valence-corrected chi connectivity index (χ0v) is 11.9. The maximum atomic E-state index is 11.7. The lowest BCUT2D eigenvalue weighted by molar-refractivity contribution is -0.142. The van der Waals surface area contributed by atoms with Crippen LogP contribution in [0.1, 0.15) is 6.42 Å². The quantitative estimate of drug-likeness (QED) is 0.484. The van der Waals surface area contributed by atoms with Gasteiger partial charge in [0.1, 0.15) is 10.3 Å². The van der Waals surface area contributed by atoms with Crippen molar-refractivity contribution in [2.75, 3.05) is 13.2 Å². The highest BCUT2D eigenvalue weighted by molar-refractivity contribution is 7.91. The summed E-state index contributed by atoms with van der Waals surface area (Å²) in [5, 5.41) is 21.0. The third-order valence-corrected chi connectivity index (χ3v) is 5.08. The number of amides is 1. The molecule has 0 aliphatic carbocycles. The molecule has 0 fully saturated rings. The summed E-state index contributed by atoms with van der Waals surface area (Å²) in [4.78, 5) is 21.9. The van der Waals surface area contributed by atoms with Gasteiger partial charge in [0.05, 0.1) is 6.61 Å². The number of carboxylic acid groups (broad SMARTS) is 1. The molecular formula is C10H14N2O6S2.